The zero-order valence-electron chi connectivity index (χ0n) is 15.5. The average molecular weight is 355 g/mol. The van der Waals surface area contributed by atoms with E-state index < -0.39 is 0 Å². The zero-order chi connectivity index (χ0) is 18.7. The van der Waals surface area contributed by atoms with Gasteiger partial charge in [-0.3, -0.25) is 13.9 Å². The highest BCUT2D eigenvalue weighted by atomic mass is 16.2. The molecule has 0 aliphatic heterocycles. The molecule has 7 nitrogen and oxygen atoms in total. The van der Waals surface area contributed by atoms with Crippen LogP contribution in [0.25, 0.3) is 11.2 Å². The highest BCUT2D eigenvalue weighted by molar-refractivity contribution is 5.69. The van der Waals surface area contributed by atoms with E-state index in [1.165, 1.54) is 22.7 Å². The van der Waals surface area contributed by atoms with Crippen LogP contribution in [0.15, 0.2) is 40.2 Å². The molecule has 0 spiro atoms. The van der Waals surface area contributed by atoms with Crippen LogP contribution >= 0.6 is 0 Å². The molecule has 2 heterocycles. The summed E-state index contributed by atoms with van der Waals surface area (Å²) in [4.78, 5) is 28.6. The number of hydrogen-bond donors (Lipinski definition) is 1. The molecule has 0 aliphatic carbocycles. The minimum Gasteiger partial charge on any atom is -0.325 e. The van der Waals surface area contributed by atoms with Crippen LogP contribution in [0.2, 0.25) is 0 Å². The third kappa shape index (κ3) is 3.62. The van der Waals surface area contributed by atoms with Gasteiger partial charge >= 0.3 is 5.69 Å². The van der Waals surface area contributed by atoms with E-state index in [1.807, 2.05) is 4.57 Å². The lowest BCUT2D eigenvalue weighted by atomic mass is 10.1. The van der Waals surface area contributed by atoms with Gasteiger partial charge in [-0.25, -0.2) is 9.78 Å². The minimum absolute atomic E-state index is 0.298. The number of aryl methyl sites for hydroxylation is 3. The summed E-state index contributed by atoms with van der Waals surface area (Å²) in [5.74, 6) is 0. The molecule has 7 heteroatoms. The summed E-state index contributed by atoms with van der Waals surface area (Å²) in [6.45, 7) is 4.55. The maximum atomic E-state index is 12.4. The monoisotopic (exact) mass is 355 g/mol. The van der Waals surface area contributed by atoms with Gasteiger partial charge in [0.2, 0.25) is 0 Å². The van der Waals surface area contributed by atoms with E-state index in [4.69, 9.17) is 0 Å². The second-order valence-corrected chi connectivity index (χ2v) is 6.66. The Balaban J connectivity index is 1.55. The standard InChI is InChI=1S/C19H25N5O2/c1-14-5-7-15(8-6-14)9-11-20-10-4-12-24-13-21-17-16(24)18(25)23(3)19(26)22(17)2/h5-8,13,20H,4,9-12H2,1-3H3. The summed E-state index contributed by atoms with van der Waals surface area (Å²) in [5.41, 5.74) is 2.86. The highest BCUT2D eigenvalue weighted by Gasteiger charge is 2.13. The summed E-state index contributed by atoms with van der Waals surface area (Å²) in [6.07, 6.45) is 3.51. The van der Waals surface area contributed by atoms with Gasteiger partial charge in [0.25, 0.3) is 5.56 Å². The van der Waals surface area contributed by atoms with Crippen LogP contribution in [0.4, 0.5) is 0 Å². The van der Waals surface area contributed by atoms with Crippen LogP contribution in [0, 0.1) is 6.92 Å². The van der Waals surface area contributed by atoms with Crippen LogP contribution in [-0.2, 0) is 27.1 Å². The molecule has 0 aliphatic rings. The van der Waals surface area contributed by atoms with Crippen molar-refractivity contribution in [2.24, 2.45) is 14.1 Å². The summed E-state index contributed by atoms with van der Waals surface area (Å²) in [5, 5.41) is 3.43. The maximum absolute atomic E-state index is 12.4. The lowest BCUT2D eigenvalue weighted by molar-refractivity contribution is 0.587. The Morgan fingerprint density at radius 2 is 1.77 bits per heavy atom. The topological polar surface area (TPSA) is 73.8 Å². The normalized spacial score (nSPS) is 11.3. The maximum Gasteiger partial charge on any atom is 0.332 e. The molecule has 0 radical (unpaired) electrons. The molecule has 1 N–H and O–H groups in total. The molecule has 3 aromatic rings. The van der Waals surface area contributed by atoms with Crippen LogP contribution in [0.1, 0.15) is 17.5 Å². The van der Waals surface area contributed by atoms with Gasteiger partial charge in [-0.1, -0.05) is 29.8 Å². The van der Waals surface area contributed by atoms with Gasteiger partial charge in [0, 0.05) is 20.6 Å². The molecule has 0 atom stereocenters. The predicted molar refractivity (Wildman–Crippen MR) is 103 cm³/mol. The largest absolute Gasteiger partial charge is 0.332 e. The number of fused-ring (bicyclic) bond motifs is 1. The van der Waals surface area contributed by atoms with Crippen LogP contribution in [-0.4, -0.2) is 31.8 Å². The van der Waals surface area contributed by atoms with E-state index in [0.29, 0.717) is 17.7 Å². The van der Waals surface area contributed by atoms with Crippen LogP contribution in [0.5, 0.6) is 0 Å². The van der Waals surface area contributed by atoms with E-state index in [-0.39, 0.29) is 11.2 Å². The van der Waals surface area contributed by atoms with Gasteiger partial charge in [0.05, 0.1) is 6.33 Å². The fraction of sp³-hybridized carbons (Fsp3) is 0.421. The summed E-state index contributed by atoms with van der Waals surface area (Å²) < 4.78 is 4.37. The molecule has 0 saturated heterocycles. The van der Waals surface area contributed by atoms with Crippen molar-refractivity contribution in [2.45, 2.75) is 26.3 Å². The van der Waals surface area contributed by atoms with Gasteiger partial charge < -0.3 is 9.88 Å². The molecule has 0 unspecified atom stereocenters. The number of nitrogens with one attached hydrogen (secondary N) is 1. The first-order chi connectivity index (χ1) is 12.5. The van der Waals surface area contributed by atoms with Gasteiger partial charge in [-0.15, -0.1) is 0 Å². The van der Waals surface area contributed by atoms with Gasteiger partial charge in [-0.05, 0) is 38.4 Å². The molecule has 0 fully saturated rings. The molecule has 3 rings (SSSR count). The Morgan fingerprint density at radius 1 is 1.04 bits per heavy atom. The Bertz CT molecular complexity index is 1010. The number of hydrogen-bond acceptors (Lipinski definition) is 4. The van der Waals surface area contributed by atoms with Crippen LogP contribution < -0.4 is 16.6 Å². The molecule has 2 aromatic heterocycles. The fourth-order valence-corrected chi connectivity index (χ4v) is 3.05. The van der Waals surface area contributed by atoms with Gasteiger partial charge in [-0.2, -0.15) is 0 Å². The van der Waals surface area contributed by atoms with Crippen molar-refractivity contribution in [1.29, 1.82) is 0 Å². The Labute approximate surface area is 151 Å². The SMILES string of the molecule is Cc1ccc(CCNCCCn2cnc3c2c(=O)n(C)c(=O)n3C)cc1. The molecule has 1 aromatic carbocycles. The van der Waals surface area contributed by atoms with Crippen molar-refractivity contribution in [3.8, 4) is 0 Å². The molecular weight excluding hydrogens is 330 g/mol. The first kappa shape index (κ1) is 18.1. The summed E-state index contributed by atoms with van der Waals surface area (Å²) in [6, 6.07) is 8.59. The quantitative estimate of drug-likeness (QED) is 0.641. The van der Waals surface area contributed by atoms with Crippen molar-refractivity contribution in [1.82, 2.24) is 24.0 Å². The molecule has 0 bridgehead atoms. The van der Waals surface area contributed by atoms with E-state index in [2.05, 4.69) is 41.5 Å². The molecule has 138 valence electrons. The van der Waals surface area contributed by atoms with Gasteiger partial charge in [0.1, 0.15) is 0 Å². The minimum atomic E-state index is -0.356. The smallest absolute Gasteiger partial charge is 0.325 e. The van der Waals surface area contributed by atoms with Crippen molar-refractivity contribution in [3.05, 3.63) is 62.6 Å². The van der Waals surface area contributed by atoms with Crippen molar-refractivity contribution >= 4 is 11.2 Å². The van der Waals surface area contributed by atoms with E-state index >= 15 is 0 Å². The van der Waals surface area contributed by atoms with Crippen molar-refractivity contribution in [3.63, 3.8) is 0 Å². The number of aromatic nitrogens is 4. The molecule has 0 saturated carbocycles. The van der Waals surface area contributed by atoms with Crippen molar-refractivity contribution in [2.75, 3.05) is 13.1 Å². The zero-order valence-corrected chi connectivity index (χ0v) is 15.5. The van der Waals surface area contributed by atoms with Gasteiger partial charge in [0.15, 0.2) is 11.2 Å². The first-order valence-electron chi connectivity index (χ1n) is 8.86. The van der Waals surface area contributed by atoms with Crippen LogP contribution in [0.3, 0.4) is 0 Å². The average Bonchev–Trinajstić information content (AvgIpc) is 3.06. The second-order valence-electron chi connectivity index (χ2n) is 6.66. The van der Waals surface area contributed by atoms with E-state index in [0.717, 1.165) is 30.5 Å². The number of imidazole rings is 1. The third-order valence-electron chi connectivity index (χ3n) is 4.68. The molecule has 26 heavy (non-hydrogen) atoms. The summed E-state index contributed by atoms with van der Waals surface area (Å²) >= 11 is 0. The first-order valence-corrected chi connectivity index (χ1v) is 8.86. The number of benzene rings is 1. The Kier molecular flexibility index (Phi) is 5.37. The Morgan fingerprint density at radius 3 is 2.50 bits per heavy atom. The lowest BCUT2D eigenvalue weighted by Gasteiger charge is -2.08. The molecular formula is C19H25N5O2. The fourth-order valence-electron chi connectivity index (χ4n) is 3.05. The third-order valence-corrected chi connectivity index (χ3v) is 4.68. The number of rotatable bonds is 7. The molecule has 0 amide bonds. The van der Waals surface area contributed by atoms with Crippen molar-refractivity contribution < 1.29 is 0 Å². The lowest BCUT2D eigenvalue weighted by Crippen LogP contribution is -2.37. The number of nitrogens with zero attached hydrogens (tertiary/aromatic N) is 4. The van der Waals surface area contributed by atoms with E-state index in [1.54, 1.807) is 13.4 Å². The van der Waals surface area contributed by atoms with E-state index in [9.17, 15) is 9.59 Å². The second kappa shape index (κ2) is 7.70. The summed E-state index contributed by atoms with van der Waals surface area (Å²) in [7, 11) is 3.13. The predicted octanol–water partition coefficient (Wildman–Crippen LogP) is 0.965. The Hall–Kier alpha value is -2.67. The highest BCUT2D eigenvalue weighted by Crippen LogP contribution is 2.06.